The van der Waals surface area contributed by atoms with Gasteiger partial charge in [-0.15, -0.1) is 11.3 Å². The van der Waals surface area contributed by atoms with Crippen LogP contribution < -0.4 is 5.32 Å². The molecule has 1 saturated carbocycles. The van der Waals surface area contributed by atoms with Crippen LogP contribution in [0.3, 0.4) is 0 Å². The summed E-state index contributed by atoms with van der Waals surface area (Å²) >= 11 is 1.17. The van der Waals surface area contributed by atoms with E-state index in [4.69, 9.17) is 0 Å². The molecule has 0 saturated heterocycles. The van der Waals surface area contributed by atoms with E-state index in [0.717, 1.165) is 6.42 Å². The van der Waals surface area contributed by atoms with E-state index in [2.05, 4.69) is 10.3 Å². The van der Waals surface area contributed by atoms with Crippen LogP contribution in [0.2, 0.25) is 0 Å². The van der Waals surface area contributed by atoms with Gasteiger partial charge in [-0.25, -0.2) is 9.78 Å². The number of nitrogens with one attached hydrogen (secondary N) is 1. The molecule has 0 aliphatic heterocycles. The summed E-state index contributed by atoms with van der Waals surface area (Å²) < 4.78 is 0. The first-order valence-corrected chi connectivity index (χ1v) is 8.05. The van der Waals surface area contributed by atoms with E-state index in [-0.39, 0.29) is 11.4 Å². The third-order valence-electron chi connectivity index (χ3n) is 4.01. The van der Waals surface area contributed by atoms with Gasteiger partial charge in [0.15, 0.2) is 0 Å². The van der Waals surface area contributed by atoms with Crippen molar-refractivity contribution in [3.05, 3.63) is 45.5 Å². The number of thiazole rings is 1. The number of carboxylic acids is 1. The lowest BCUT2D eigenvalue weighted by Gasteiger charge is -2.37. The summed E-state index contributed by atoms with van der Waals surface area (Å²) in [5.74, 6) is -1.60. The second kappa shape index (κ2) is 6.00. The molecule has 0 bridgehead atoms. The lowest BCUT2D eigenvalue weighted by atomic mass is 9.76. The van der Waals surface area contributed by atoms with Crippen LogP contribution in [0.4, 0.5) is 5.69 Å². The van der Waals surface area contributed by atoms with Crippen molar-refractivity contribution in [1.82, 2.24) is 10.3 Å². The van der Waals surface area contributed by atoms with Crippen molar-refractivity contribution in [2.45, 2.75) is 24.8 Å². The predicted molar refractivity (Wildman–Crippen MR) is 85.9 cm³/mol. The van der Waals surface area contributed by atoms with Crippen LogP contribution >= 0.6 is 11.3 Å². The highest BCUT2D eigenvalue weighted by Gasteiger charge is 2.46. The molecule has 124 valence electrons. The second-order valence-corrected chi connectivity index (χ2v) is 6.40. The fraction of sp³-hybridized carbons (Fsp3) is 0.267. The van der Waals surface area contributed by atoms with Crippen LogP contribution in [0.1, 0.15) is 29.8 Å². The Morgan fingerprint density at radius 3 is 2.71 bits per heavy atom. The summed E-state index contributed by atoms with van der Waals surface area (Å²) in [4.78, 5) is 38.0. The molecule has 1 fully saturated rings. The van der Waals surface area contributed by atoms with Crippen molar-refractivity contribution < 1.29 is 19.6 Å². The van der Waals surface area contributed by atoms with Crippen molar-refractivity contribution in [2.24, 2.45) is 0 Å². The van der Waals surface area contributed by atoms with Gasteiger partial charge in [0.25, 0.3) is 11.6 Å². The Hall–Kier alpha value is -2.81. The van der Waals surface area contributed by atoms with E-state index < -0.39 is 22.3 Å². The van der Waals surface area contributed by atoms with Crippen molar-refractivity contribution in [2.75, 3.05) is 0 Å². The predicted octanol–water partition coefficient (Wildman–Crippen LogP) is 2.46. The zero-order chi connectivity index (χ0) is 17.3. The standard InChI is InChI=1S/C15H13N3O5S/c19-12(17-15(14(20)21)5-2-6-15)11-8-24-13(16-11)9-3-1-4-10(7-9)18(22)23/h1,3-4,7-8H,2,5-6H2,(H,17,19)(H,20,21). The number of nitrogens with zero attached hydrogens (tertiary/aromatic N) is 2. The molecule has 2 aromatic rings. The maximum atomic E-state index is 12.2. The molecule has 3 rings (SSSR count). The van der Waals surface area contributed by atoms with Crippen LogP contribution in [0.5, 0.6) is 0 Å². The van der Waals surface area contributed by atoms with Crippen molar-refractivity contribution in [3.63, 3.8) is 0 Å². The SMILES string of the molecule is O=C(NC1(C(=O)O)CCC1)c1csc(-c2cccc([N+](=O)[O-])c2)n1. The lowest BCUT2D eigenvalue weighted by Crippen LogP contribution is -2.59. The molecule has 1 heterocycles. The quantitative estimate of drug-likeness (QED) is 0.633. The number of non-ortho nitro benzene ring substituents is 1. The zero-order valence-electron chi connectivity index (χ0n) is 12.4. The normalized spacial score (nSPS) is 15.3. The highest BCUT2D eigenvalue weighted by Crippen LogP contribution is 2.33. The van der Waals surface area contributed by atoms with Crippen molar-refractivity contribution in [3.8, 4) is 10.6 Å². The Morgan fingerprint density at radius 2 is 2.12 bits per heavy atom. The Morgan fingerprint density at radius 1 is 1.38 bits per heavy atom. The van der Waals surface area contributed by atoms with Crippen molar-refractivity contribution in [1.29, 1.82) is 0 Å². The molecule has 8 nitrogen and oxygen atoms in total. The van der Waals surface area contributed by atoms with E-state index in [1.165, 1.54) is 28.8 Å². The minimum absolute atomic E-state index is 0.0620. The van der Waals surface area contributed by atoms with Gasteiger partial charge in [-0.1, -0.05) is 12.1 Å². The Bertz CT molecular complexity index is 828. The number of benzene rings is 1. The summed E-state index contributed by atoms with van der Waals surface area (Å²) in [6.07, 6.45) is 1.55. The number of nitro groups is 1. The number of amides is 1. The third-order valence-corrected chi connectivity index (χ3v) is 4.90. The van der Waals surface area contributed by atoms with Crippen LogP contribution in [0.15, 0.2) is 29.6 Å². The number of carboxylic acid groups (broad SMARTS) is 1. The van der Waals surface area contributed by atoms with Gasteiger partial charge < -0.3 is 10.4 Å². The first-order chi connectivity index (χ1) is 11.4. The van der Waals surface area contributed by atoms with Gasteiger partial charge in [-0.3, -0.25) is 14.9 Å². The smallest absolute Gasteiger partial charge is 0.329 e. The van der Waals surface area contributed by atoms with E-state index in [1.807, 2.05) is 0 Å². The number of aromatic nitrogens is 1. The highest BCUT2D eigenvalue weighted by molar-refractivity contribution is 7.13. The summed E-state index contributed by atoms with van der Waals surface area (Å²) in [7, 11) is 0. The number of rotatable bonds is 5. The van der Waals surface area contributed by atoms with Crippen molar-refractivity contribution >= 4 is 28.9 Å². The molecule has 1 amide bonds. The lowest BCUT2D eigenvalue weighted by molar-refractivity contribution is -0.384. The number of aliphatic carboxylic acids is 1. The van der Waals surface area contributed by atoms with E-state index in [9.17, 15) is 24.8 Å². The maximum Gasteiger partial charge on any atom is 0.329 e. The van der Waals surface area contributed by atoms with Gasteiger partial charge in [0.2, 0.25) is 0 Å². The van der Waals surface area contributed by atoms with Crippen LogP contribution in [-0.2, 0) is 4.79 Å². The van der Waals surface area contributed by atoms with Crippen LogP contribution in [0.25, 0.3) is 10.6 Å². The average Bonchev–Trinajstić information content (AvgIpc) is 3.00. The van der Waals surface area contributed by atoms with Gasteiger partial charge in [-0.05, 0) is 19.3 Å². The minimum Gasteiger partial charge on any atom is -0.480 e. The minimum atomic E-state index is -1.20. The first-order valence-electron chi connectivity index (χ1n) is 7.17. The van der Waals surface area contributed by atoms with E-state index >= 15 is 0 Å². The fourth-order valence-corrected chi connectivity index (χ4v) is 3.26. The molecule has 2 N–H and O–H groups in total. The monoisotopic (exact) mass is 347 g/mol. The summed E-state index contributed by atoms with van der Waals surface area (Å²) in [5.41, 5.74) is -0.626. The van der Waals surface area contributed by atoms with E-state index in [1.54, 1.807) is 12.1 Å². The first kappa shape index (κ1) is 16.1. The molecule has 24 heavy (non-hydrogen) atoms. The molecule has 0 spiro atoms. The van der Waals surface area contributed by atoms with Gasteiger partial charge in [-0.2, -0.15) is 0 Å². The summed E-state index contributed by atoms with van der Waals surface area (Å²) in [5, 5.41) is 24.6. The van der Waals surface area contributed by atoms with Gasteiger partial charge in [0.05, 0.1) is 4.92 Å². The Balaban J connectivity index is 1.80. The number of carbonyl (C=O) groups is 2. The number of carbonyl (C=O) groups excluding carboxylic acids is 1. The molecular formula is C15H13N3O5S. The number of nitro benzene ring substituents is 1. The molecule has 1 aliphatic carbocycles. The molecule has 1 aromatic heterocycles. The van der Waals surface area contributed by atoms with Gasteiger partial charge in [0.1, 0.15) is 16.2 Å². The summed E-state index contributed by atoms with van der Waals surface area (Å²) in [6, 6.07) is 5.96. The molecule has 1 aromatic carbocycles. The fourth-order valence-electron chi connectivity index (χ4n) is 2.47. The van der Waals surface area contributed by atoms with Gasteiger partial charge >= 0.3 is 5.97 Å². The highest BCUT2D eigenvalue weighted by atomic mass is 32.1. The third kappa shape index (κ3) is 2.85. The number of hydrogen-bond donors (Lipinski definition) is 2. The van der Waals surface area contributed by atoms with Crippen LogP contribution in [0, 0.1) is 10.1 Å². The molecule has 0 unspecified atom stereocenters. The Labute approximate surface area is 140 Å². The van der Waals surface area contributed by atoms with Crippen LogP contribution in [-0.4, -0.2) is 32.4 Å². The molecule has 0 atom stereocenters. The van der Waals surface area contributed by atoms with E-state index in [0.29, 0.717) is 23.4 Å². The number of hydrogen-bond acceptors (Lipinski definition) is 6. The summed E-state index contributed by atoms with van der Waals surface area (Å²) in [6.45, 7) is 0. The largest absolute Gasteiger partial charge is 0.480 e. The van der Waals surface area contributed by atoms with Gasteiger partial charge in [0, 0.05) is 23.1 Å². The molecule has 9 heteroatoms. The maximum absolute atomic E-state index is 12.2. The topological polar surface area (TPSA) is 122 Å². The molecule has 1 aliphatic rings. The average molecular weight is 347 g/mol. The Kier molecular flexibility index (Phi) is 4.02. The molecular weight excluding hydrogens is 334 g/mol. The second-order valence-electron chi connectivity index (χ2n) is 5.54. The molecule has 0 radical (unpaired) electrons. The zero-order valence-corrected chi connectivity index (χ0v) is 13.2.